The summed E-state index contributed by atoms with van der Waals surface area (Å²) < 4.78 is 33.3. The number of nitrogens with one attached hydrogen (secondary N) is 3. The van der Waals surface area contributed by atoms with Gasteiger partial charge in [-0.15, -0.1) is 0 Å². The second kappa shape index (κ2) is 13.1. The van der Waals surface area contributed by atoms with Crippen molar-refractivity contribution >= 4 is 22.9 Å². The second-order valence-corrected chi connectivity index (χ2v) is 9.41. The number of para-hydroxylation sites is 1. The standard InChI is InChI=1S/C28H28N6O.C2HF3O2/c1-19-6-3-11-24-26(19)33-27(32-24)23-10-5-9-22(17-23)21-8-4-7-20(16-21)18-29-14-15-30-28(35)25-12-13-31-34(25)2;3-2(4,5)1(6)7/h3-13,16-17,29H,14-15,18H2,1-2H3,(H,30,35)(H,32,33);(H,6,7). The number of aromatic amines is 1. The number of carbonyl (C=O) groups excluding carboxylic acids is 1. The first-order valence-electron chi connectivity index (χ1n) is 12.9. The number of rotatable bonds is 8. The van der Waals surface area contributed by atoms with E-state index in [4.69, 9.17) is 14.9 Å². The van der Waals surface area contributed by atoms with E-state index in [1.807, 2.05) is 6.07 Å². The SMILES string of the molecule is Cc1cccc2[nH]c(-c3cccc(-c4cccc(CNCCNC(=O)c5ccnn5C)c4)c3)nc12.O=C(O)C(F)(F)F. The molecule has 2 aromatic heterocycles. The monoisotopic (exact) mass is 578 g/mol. The molecular formula is C30H29F3N6O3. The van der Waals surface area contributed by atoms with E-state index in [2.05, 4.69) is 88.3 Å². The first-order valence-corrected chi connectivity index (χ1v) is 12.9. The molecule has 0 radical (unpaired) electrons. The Balaban J connectivity index is 0.000000517. The number of carboxylic acids is 1. The molecule has 0 unspecified atom stereocenters. The third-order valence-electron chi connectivity index (χ3n) is 6.32. The maximum absolute atomic E-state index is 12.2. The van der Waals surface area contributed by atoms with Crippen molar-refractivity contribution in [2.24, 2.45) is 7.05 Å². The average Bonchev–Trinajstić information content (AvgIpc) is 3.60. The zero-order chi connectivity index (χ0) is 30.3. The lowest BCUT2D eigenvalue weighted by atomic mass is 10.0. The zero-order valence-corrected chi connectivity index (χ0v) is 22.9. The highest BCUT2D eigenvalue weighted by Gasteiger charge is 2.38. The van der Waals surface area contributed by atoms with Crippen molar-refractivity contribution in [2.75, 3.05) is 13.1 Å². The van der Waals surface area contributed by atoms with Gasteiger partial charge in [-0.1, -0.05) is 48.5 Å². The topological polar surface area (TPSA) is 125 Å². The normalized spacial score (nSPS) is 11.2. The predicted octanol–water partition coefficient (Wildman–Crippen LogP) is 5.09. The number of aryl methyl sites for hydroxylation is 2. The summed E-state index contributed by atoms with van der Waals surface area (Å²) in [5.74, 6) is -2.00. The summed E-state index contributed by atoms with van der Waals surface area (Å²) in [5.41, 5.74) is 8.33. The van der Waals surface area contributed by atoms with Crippen LogP contribution < -0.4 is 10.6 Å². The Labute approximate surface area is 239 Å². The van der Waals surface area contributed by atoms with E-state index in [9.17, 15) is 18.0 Å². The molecule has 5 rings (SSSR count). The van der Waals surface area contributed by atoms with Crippen LogP contribution in [0.15, 0.2) is 79.0 Å². The summed E-state index contributed by atoms with van der Waals surface area (Å²) in [6.07, 6.45) is -3.46. The van der Waals surface area contributed by atoms with Crippen LogP contribution in [-0.4, -0.2) is 56.0 Å². The number of hydrogen-bond acceptors (Lipinski definition) is 5. The summed E-state index contributed by atoms with van der Waals surface area (Å²) in [6.45, 7) is 4.02. The van der Waals surface area contributed by atoms with Gasteiger partial charge in [0.2, 0.25) is 0 Å². The molecule has 0 saturated heterocycles. The van der Waals surface area contributed by atoms with E-state index in [0.29, 0.717) is 18.8 Å². The van der Waals surface area contributed by atoms with Crippen molar-refractivity contribution in [1.82, 2.24) is 30.4 Å². The smallest absolute Gasteiger partial charge is 0.475 e. The molecule has 3 aromatic carbocycles. The van der Waals surface area contributed by atoms with Gasteiger partial charge in [0, 0.05) is 38.4 Å². The first kappa shape index (κ1) is 30.0. The Morgan fingerprint density at radius 1 is 0.952 bits per heavy atom. The Kier molecular flexibility index (Phi) is 9.38. The van der Waals surface area contributed by atoms with Crippen LogP contribution in [0, 0.1) is 6.92 Å². The summed E-state index contributed by atoms with van der Waals surface area (Å²) in [4.78, 5) is 29.3. The number of halogens is 3. The highest BCUT2D eigenvalue weighted by atomic mass is 19.4. The minimum atomic E-state index is -5.08. The molecule has 218 valence electrons. The summed E-state index contributed by atoms with van der Waals surface area (Å²) >= 11 is 0. The highest BCUT2D eigenvalue weighted by molar-refractivity contribution is 5.92. The molecular weight excluding hydrogens is 549 g/mol. The molecule has 0 spiro atoms. The molecule has 0 aliphatic heterocycles. The van der Waals surface area contributed by atoms with E-state index in [-0.39, 0.29) is 5.91 Å². The van der Waals surface area contributed by atoms with Gasteiger partial charge in [0.05, 0.1) is 11.0 Å². The molecule has 0 aliphatic carbocycles. The van der Waals surface area contributed by atoms with E-state index < -0.39 is 12.1 Å². The van der Waals surface area contributed by atoms with Gasteiger partial charge in [0.15, 0.2) is 0 Å². The molecule has 12 heteroatoms. The number of H-pyrrole nitrogens is 1. The maximum atomic E-state index is 12.2. The molecule has 0 atom stereocenters. The van der Waals surface area contributed by atoms with Crippen LogP contribution in [0.25, 0.3) is 33.5 Å². The second-order valence-electron chi connectivity index (χ2n) is 9.41. The van der Waals surface area contributed by atoms with Crippen LogP contribution in [-0.2, 0) is 18.4 Å². The van der Waals surface area contributed by atoms with E-state index in [0.717, 1.165) is 45.7 Å². The Bertz CT molecular complexity index is 1690. The summed E-state index contributed by atoms with van der Waals surface area (Å²) in [6, 6.07) is 24.9. The molecule has 0 fully saturated rings. The molecule has 42 heavy (non-hydrogen) atoms. The largest absolute Gasteiger partial charge is 0.490 e. The minimum absolute atomic E-state index is 0.117. The predicted molar refractivity (Wildman–Crippen MR) is 153 cm³/mol. The molecule has 0 saturated carbocycles. The summed E-state index contributed by atoms with van der Waals surface area (Å²) in [7, 11) is 1.76. The number of fused-ring (bicyclic) bond motifs is 1. The van der Waals surface area contributed by atoms with Crippen LogP contribution in [0.1, 0.15) is 21.6 Å². The van der Waals surface area contributed by atoms with Crippen LogP contribution in [0.4, 0.5) is 13.2 Å². The van der Waals surface area contributed by atoms with Gasteiger partial charge in [0.25, 0.3) is 5.91 Å². The van der Waals surface area contributed by atoms with Crippen molar-refractivity contribution in [3.05, 3.63) is 95.8 Å². The Morgan fingerprint density at radius 3 is 2.29 bits per heavy atom. The highest BCUT2D eigenvalue weighted by Crippen LogP contribution is 2.27. The van der Waals surface area contributed by atoms with E-state index in [1.165, 1.54) is 5.56 Å². The number of aliphatic carboxylic acids is 1. The van der Waals surface area contributed by atoms with Crippen LogP contribution in [0.5, 0.6) is 0 Å². The molecule has 4 N–H and O–H groups in total. The number of aromatic nitrogens is 4. The number of benzene rings is 3. The van der Waals surface area contributed by atoms with Crippen LogP contribution in [0.3, 0.4) is 0 Å². The third-order valence-corrected chi connectivity index (χ3v) is 6.32. The van der Waals surface area contributed by atoms with Crippen molar-refractivity contribution < 1.29 is 27.9 Å². The first-order chi connectivity index (χ1) is 20.0. The number of amides is 1. The van der Waals surface area contributed by atoms with Gasteiger partial charge in [-0.25, -0.2) is 9.78 Å². The lowest BCUT2D eigenvalue weighted by Crippen LogP contribution is -2.32. The van der Waals surface area contributed by atoms with Gasteiger partial charge < -0.3 is 20.7 Å². The van der Waals surface area contributed by atoms with Crippen molar-refractivity contribution in [2.45, 2.75) is 19.6 Å². The zero-order valence-electron chi connectivity index (χ0n) is 22.9. The van der Waals surface area contributed by atoms with Crippen molar-refractivity contribution in [3.8, 4) is 22.5 Å². The Hall–Kier alpha value is -4.97. The number of imidazole rings is 1. The van der Waals surface area contributed by atoms with Crippen LogP contribution in [0.2, 0.25) is 0 Å². The minimum Gasteiger partial charge on any atom is -0.475 e. The van der Waals surface area contributed by atoms with Gasteiger partial charge in [-0.2, -0.15) is 18.3 Å². The number of nitrogens with zero attached hydrogens (tertiary/aromatic N) is 3. The quantitative estimate of drug-likeness (QED) is 0.190. The molecule has 1 amide bonds. The molecule has 0 aliphatic rings. The lowest BCUT2D eigenvalue weighted by Gasteiger charge is -2.09. The molecule has 2 heterocycles. The molecule has 5 aromatic rings. The van der Waals surface area contributed by atoms with Crippen molar-refractivity contribution in [3.63, 3.8) is 0 Å². The number of carbonyl (C=O) groups is 2. The number of carboxylic acid groups (broad SMARTS) is 1. The molecule has 0 bridgehead atoms. The maximum Gasteiger partial charge on any atom is 0.490 e. The van der Waals surface area contributed by atoms with Crippen LogP contribution >= 0.6 is 0 Å². The lowest BCUT2D eigenvalue weighted by molar-refractivity contribution is -0.192. The number of alkyl halides is 3. The Morgan fingerprint density at radius 2 is 1.62 bits per heavy atom. The summed E-state index contributed by atoms with van der Waals surface area (Å²) in [5, 5.41) is 17.5. The average molecular weight is 579 g/mol. The van der Waals surface area contributed by atoms with Gasteiger partial charge in [-0.3, -0.25) is 9.48 Å². The number of hydrogen-bond donors (Lipinski definition) is 4. The fourth-order valence-electron chi connectivity index (χ4n) is 4.20. The third kappa shape index (κ3) is 7.61. The fraction of sp³-hybridized carbons (Fsp3) is 0.200. The van der Waals surface area contributed by atoms with E-state index in [1.54, 1.807) is 24.0 Å². The van der Waals surface area contributed by atoms with Gasteiger partial charge in [-0.05, 0) is 53.4 Å². The van der Waals surface area contributed by atoms with Gasteiger partial charge in [0.1, 0.15) is 11.5 Å². The fourth-order valence-corrected chi connectivity index (χ4v) is 4.20. The van der Waals surface area contributed by atoms with Crippen molar-refractivity contribution in [1.29, 1.82) is 0 Å². The van der Waals surface area contributed by atoms with E-state index >= 15 is 0 Å². The van der Waals surface area contributed by atoms with Gasteiger partial charge >= 0.3 is 12.1 Å². The molecule has 9 nitrogen and oxygen atoms in total.